The van der Waals surface area contributed by atoms with Gasteiger partial charge in [0, 0.05) is 35.3 Å². The third-order valence-electron chi connectivity index (χ3n) is 7.82. The van der Waals surface area contributed by atoms with Crippen LogP contribution in [0.2, 0.25) is 0 Å². The number of H-pyrrole nitrogens is 1. The van der Waals surface area contributed by atoms with Gasteiger partial charge in [-0.1, -0.05) is 69.7 Å². The fourth-order valence-electron chi connectivity index (χ4n) is 5.67. The summed E-state index contributed by atoms with van der Waals surface area (Å²) in [7, 11) is 0. The number of unbranched alkanes of at least 4 members (excludes halogenated alkanes) is 1. The number of benzene rings is 1. The Labute approximate surface area is 218 Å². The summed E-state index contributed by atoms with van der Waals surface area (Å²) in [6.07, 6.45) is 12.7. The average Bonchev–Trinajstić information content (AvgIpc) is 3.55. The minimum atomic E-state index is 0.132. The monoisotopic (exact) mass is 499 g/mol. The normalized spacial score (nSPS) is 14.3. The number of imidazole rings is 1. The van der Waals surface area contributed by atoms with Crippen LogP contribution in [0.4, 0.5) is 0 Å². The minimum absolute atomic E-state index is 0.132. The highest BCUT2D eigenvalue weighted by Crippen LogP contribution is 2.29. The van der Waals surface area contributed by atoms with Gasteiger partial charge in [-0.2, -0.15) is 5.21 Å². The van der Waals surface area contributed by atoms with Gasteiger partial charge < -0.3 is 0 Å². The number of tetrazole rings is 1. The first kappa shape index (κ1) is 25.1. The van der Waals surface area contributed by atoms with E-state index >= 15 is 0 Å². The van der Waals surface area contributed by atoms with E-state index in [0.29, 0.717) is 12.4 Å². The molecule has 3 aromatic heterocycles. The molecule has 1 aliphatic rings. The zero-order chi connectivity index (χ0) is 25.6. The molecular formula is C29H37N7O. The van der Waals surface area contributed by atoms with Crippen LogP contribution >= 0.6 is 0 Å². The van der Waals surface area contributed by atoms with Crippen LogP contribution in [0.5, 0.6) is 0 Å². The molecule has 0 spiro atoms. The third kappa shape index (κ3) is 5.58. The second kappa shape index (κ2) is 11.7. The Balaban J connectivity index is 1.39. The Morgan fingerprint density at radius 3 is 2.59 bits per heavy atom. The van der Waals surface area contributed by atoms with Crippen LogP contribution in [0, 0.1) is 12.8 Å². The van der Waals surface area contributed by atoms with Crippen LogP contribution in [-0.4, -0.2) is 34.7 Å². The minimum Gasteiger partial charge on any atom is -0.296 e. The van der Waals surface area contributed by atoms with Crippen LogP contribution < -0.4 is 5.69 Å². The highest BCUT2D eigenvalue weighted by molar-refractivity contribution is 5.76. The maximum atomic E-state index is 13.6. The molecule has 4 aromatic rings. The van der Waals surface area contributed by atoms with Gasteiger partial charge in [-0.3, -0.25) is 14.1 Å². The first-order chi connectivity index (χ1) is 18.2. The van der Waals surface area contributed by atoms with Crippen molar-refractivity contribution < 1.29 is 0 Å². The average molecular weight is 500 g/mol. The summed E-state index contributed by atoms with van der Waals surface area (Å²) in [5.74, 6) is 1.28. The summed E-state index contributed by atoms with van der Waals surface area (Å²) in [6.45, 7) is 5.75. The summed E-state index contributed by atoms with van der Waals surface area (Å²) in [4.78, 5) is 18.2. The van der Waals surface area contributed by atoms with E-state index in [2.05, 4.69) is 63.7 Å². The third-order valence-corrected chi connectivity index (χ3v) is 7.82. The summed E-state index contributed by atoms with van der Waals surface area (Å²) >= 11 is 0. The number of nitrogens with one attached hydrogen (secondary N) is 1. The maximum absolute atomic E-state index is 13.6. The molecule has 1 N–H and O–H groups in total. The Morgan fingerprint density at radius 2 is 1.86 bits per heavy atom. The van der Waals surface area contributed by atoms with E-state index in [1.54, 1.807) is 6.20 Å². The SMILES string of the molecule is CCCCc1c(C)n(CCC2CCCCC2)c(=O)n1Cc1ccc(-c2ncccc2-c2nn[nH]n2)cc1. The number of nitrogens with zero attached hydrogens (tertiary/aromatic N) is 6. The molecule has 1 saturated carbocycles. The van der Waals surface area contributed by atoms with E-state index in [0.717, 1.165) is 66.2 Å². The second-order valence-corrected chi connectivity index (χ2v) is 10.3. The van der Waals surface area contributed by atoms with E-state index in [1.165, 1.54) is 37.8 Å². The zero-order valence-electron chi connectivity index (χ0n) is 22.0. The van der Waals surface area contributed by atoms with Crippen LogP contribution in [0.3, 0.4) is 0 Å². The van der Waals surface area contributed by atoms with Gasteiger partial charge in [0.15, 0.2) is 0 Å². The Kier molecular flexibility index (Phi) is 7.92. The number of hydrogen-bond acceptors (Lipinski definition) is 5. The molecule has 1 aliphatic carbocycles. The molecule has 194 valence electrons. The molecule has 8 heteroatoms. The Bertz CT molecular complexity index is 1350. The lowest BCUT2D eigenvalue weighted by Gasteiger charge is -2.21. The molecule has 5 rings (SSSR count). The second-order valence-electron chi connectivity index (χ2n) is 10.3. The van der Waals surface area contributed by atoms with Crippen molar-refractivity contribution in [2.75, 3.05) is 0 Å². The standard InChI is InChI=1S/C29H37N7O/c1-3-4-12-26-21(2)35(19-17-22-9-6-5-7-10-22)29(37)36(26)20-23-13-15-24(16-14-23)27-25(11-8-18-30-27)28-31-33-34-32-28/h8,11,13-16,18,22H,3-7,9-10,12,17,19-20H2,1-2H3,(H,31,32,33,34). The molecule has 0 atom stereocenters. The van der Waals surface area contributed by atoms with Gasteiger partial charge in [-0.25, -0.2) is 4.79 Å². The number of hydrogen-bond donors (Lipinski definition) is 1. The van der Waals surface area contributed by atoms with Crippen LogP contribution in [0.15, 0.2) is 47.4 Å². The van der Waals surface area contributed by atoms with Gasteiger partial charge in [-0.05, 0) is 55.0 Å². The van der Waals surface area contributed by atoms with Crippen LogP contribution in [-0.2, 0) is 19.5 Å². The quantitative estimate of drug-likeness (QED) is 0.308. The van der Waals surface area contributed by atoms with E-state index in [4.69, 9.17) is 0 Å². The first-order valence-electron chi connectivity index (χ1n) is 13.7. The summed E-state index contributed by atoms with van der Waals surface area (Å²) < 4.78 is 4.05. The van der Waals surface area contributed by atoms with Gasteiger partial charge in [0.25, 0.3) is 0 Å². The van der Waals surface area contributed by atoms with Crippen molar-refractivity contribution in [2.45, 2.75) is 84.7 Å². The number of aromatic amines is 1. The molecule has 1 aromatic carbocycles. The summed E-state index contributed by atoms with van der Waals surface area (Å²) in [5.41, 5.74) is 6.17. The topological polar surface area (TPSA) is 94.3 Å². The summed E-state index contributed by atoms with van der Waals surface area (Å²) in [6, 6.07) is 12.1. The molecule has 0 aliphatic heterocycles. The van der Waals surface area contributed by atoms with E-state index in [-0.39, 0.29) is 5.69 Å². The fraction of sp³-hybridized carbons (Fsp3) is 0.483. The molecule has 0 unspecified atom stereocenters. The van der Waals surface area contributed by atoms with Crippen molar-refractivity contribution in [3.8, 4) is 22.6 Å². The largest absolute Gasteiger partial charge is 0.328 e. The van der Waals surface area contributed by atoms with Gasteiger partial charge in [-0.15, -0.1) is 10.2 Å². The molecular weight excluding hydrogens is 462 g/mol. The molecule has 0 radical (unpaired) electrons. The van der Waals surface area contributed by atoms with Crippen LogP contribution in [0.1, 0.15) is 75.2 Å². The lowest BCUT2D eigenvalue weighted by atomic mass is 9.87. The van der Waals surface area contributed by atoms with Crippen molar-refractivity contribution in [2.24, 2.45) is 5.92 Å². The Hall–Kier alpha value is -3.55. The number of rotatable bonds is 10. The van der Waals surface area contributed by atoms with E-state index < -0.39 is 0 Å². The lowest BCUT2D eigenvalue weighted by Crippen LogP contribution is -2.27. The summed E-state index contributed by atoms with van der Waals surface area (Å²) in [5, 5.41) is 14.4. The molecule has 3 heterocycles. The molecule has 0 bridgehead atoms. The van der Waals surface area contributed by atoms with E-state index in [9.17, 15) is 4.79 Å². The van der Waals surface area contributed by atoms with Crippen molar-refractivity contribution in [1.82, 2.24) is 34.7 Å². The maximum Gasteiger partial charge on any atom is 0.328 e. The van der Waals surface area contributed by atoms with Gasteiger partial charge in [0.05, 0.1) is 12.2 Å². The van der Waals surface area contributed by atoms with Crippen molar-refractivity contribution in [3.63, 3.8) is 0 Å². The van der Waals surface area contributed by atoms with Crippen molar-refractivity contribution in [1.29, 1.82) is 0 Å². The fourth-order valence-corrected chi connectivity index (χ4v) is 5.67. The van der Waals surface area contributed by atoms with Crippen LogP contribution in [0.25, 0.3) is 22.6 Å². The van der Waals surface area contributed by atoms with Gasteiger partial charge in [0.1, 0.15) is 0 Å². The predicted octanol–water partition coefficient (Wildman–Crippen LogP) is 5.56. The first-order valence-corrected chi connectivity index (χ1v) is 13.7. The molecule has 8 nitrogen and oxygen atoms in total. The molecule has 0 amide bonds. The van der Waals surface area contributed by atoms with Crippen molar-refractivity contribution in [3.05, 3.63) is 70.0 Å². The number of pyridine rings is 1. The highest BCUT2D eigenvalue weighted by atomic mass is 16.1. The lowest BCUT2D eigenvalue weighted by molar-refractivity contribution is 0.321. The zero-order valence-corrected chi connectivity index (χ0v) is 22.0. The van der Waals surface area contributed by atoms with E-state index in [1.807, 2.05) is 21.3 Å². The van der Waals surface area contributed by atoms with Gasteiger partial charge >= 0.3 is 5.69 Å². The molecule has 1 fully saturated rings. The highest BCUT2D eigenvalue weighted by Gasteiger charge is 2.19. The molecule has 37 heavy (non-hydrogen) atoms. The number of aromatic nitrogens is 7. The predicted molar refractivity (Wildman–Crippen MR) is 145 cm³/mol. The Morgan fingerprint density at radius 1 is 1.05 bits per heavy atom. The van der Waals surface area contributed by atoms with Crippen molar-refractivity contribution >= 4 is 0 Å². The molecule has 0 saturated heterocycles. The van der Waals surface area contributed by atoms with Gasteiger partial charge in [0.2, 0.25) is 5.82 Å². The smallest absolute Gasteiger partial charge is 0.296 e.